The summed E-state index contributed by atoms with van der Waals surface area (Å²) in [6.07, 6.45) is 0. The van der Waals surface area contributed by atoms with E-state index in [9.17, 15) is 8.42 Å². The van der Waals surface area contributed by atoms with Gasteiger partial charge in [0.25, 0.3) is 0 Å². The summed E-state index contributed by atoms with van der Waals surface area (Å²) in [5.74, 6) is 0. The van der Waals surface area contributed by atoms with E-state index in [2.05, 4.69) is 4.72 Å². The normalized spacial score (nSPS) is 13.8. The van der Waals surface area contributed by atoms with E-state index < -0.39 is 10.0 Å². The summed E-state index contributed by atoms with van der Waals surface area (Å²) >= 11 is 0. The predicted molar refractivity (Wildman–Crippen MR) is 59.9 cm³/mol. The lowest BCUT2D eigenvalue weighted by Gasteiger charge is -2.08. The Morgan fingerprint density at radius 1 is 1.47 bits per heavy atom. The van der Waals surface area contributed by atoms with Gasteiger partial charge in [0.15, 0.2) is 0 Å². The maximum Gasteiger partial charge on any atom is 0.240 e. The van der Waals surface area contributed by atoms with Crippen molar-refractivity contribution in [2.24, 2.45) is 5.73 Å². The van der Waals surface area contributed by atoms with Gasteiger partial charge in [-0.15, -0.1) is 0 Å². The third-order valence-electron chi connectivity index (χ3n) is 2.03. The van der Waals surface area contributed by atoms with Gasteiger partial charge in [-0.05, 0) is 24.6 Å². The van der Waals surface area contributed by atoms with Gasteiger partial charge >= 0.3 is 0 Å². The zero-order valence-corrected chi connectivity index (χ0v) is 9.71. The number of benzene rings is 1. The van der Waals surface area contributed by atoms with E-state index >= 15 is 0 Å². The van der Waals surface area contributed by atoms with Crippen LogP contribution in [0.2, 0.25) is 0 Å². The lowest BCUT2D eigenvalue weighted by atomic mass is 10.1. The fraction of sp³-hybridized carbons (Fsp3) is 0.400. The Kier molecular flexibility index (Phi) is 3.84. The van der Waals surface area contributed by atoms with Crippen LogP contribution >= 0.6 is 0 Å². The summed E-state index contributed by atoms with van der Waals surface area (Å²) in [6, 6.07) is 6.51. The third-order valence-corrected chi connectivity index (χ3v) is 3.57. The van der Waals surface area contributed by atoms with Crippen LogP contribution < -0.4 is 10.5 Å². The molecule has 84 valence electrons. The summed E-state index contributed by atoms with van der Waals surface area (Å²) in [4.78, 5) is 0.263. The molecule has 0 aliphatic heterocycles. The van der Waals surface area contributed by atoms with Crippen molar-refractivity contribution in [3.05, 3.63) is 29.8 Å². The molecule has 0 saturated carbocycles. The average Bonchev–Trinajstić information content (AvgIpc) is 2.18. The number of hydrogen-bond acceptors (Lipinski definition) is 3. The van der Waals surface area contributed by atoms with Crippen LogP contribution in [0.5, 0.6) is 0 Å². The standard InChI is InChI=1S/C10H16N2O2S/c1-3-12-15(13,14)10-6-4-5-9(7-10)8(2)11/h4-8,12H,3,11H2,1-2H3. The van der Waals surface area contributed by atoms with Crippen LogP contribution in [0.15, 0.2) is 29.2 Å². The molecule has 4 nitrogen and oxygen atoms in total. The molecule has 0 bridgehead atoms. The molecule has 0 aliphatic rings. The van der Waals surface area contributed by atoms with E-state index in [0.29, 0.717) is 6.54 Å². The Hall–Kier alpha value is -0.910. The van der Waals surface area contributed by atoms with Crippen LogP contribution in [-0.4, -0.2) is 15.0 Å². The first-order valence-corrected chi connectivity index (χ1v) is 6.31. The average molecular weight is 228 g/mol. The summed E-state index contributed by atoms with van der Waals surface area (Å²) in [5.41, 5.74) is 6.50. The summed E-state index contributed by atoms with van der Waals surface area (Å²) in [7, 11) is -3.37. The number of hydrogen-bond donors (Lipinski definition) is 2. The first-order chi connectivity index (χ1) is 6.97. The van der Waals surface area contributed by atoms with Gasteiger partial charge in [0.2, 0.25) is 10.0 Å². The van der Waals surface area contributed by atoms with Crippen molar-refractivity contribution in [3.63, 3.8) is 0 Å². The molecule has 1 aromatic carbocycles. The van der Waals surface area contributed by atoms with Crippen molar-refractivity contribution in [2.75, 3.05) is 6.54 Å². The van der Waals surface area contributed by atoms with Crippen molar-refractivity contribution in [2.45, 2.75) is 24.8 Å². The third kappa shape index (κ3) is 3.02. The second kappa shape index (κ2) is 4.74. The molecule has 1 rings (SSSR count). The molecule has 0 fully saturated rings. The molecule has 5 heteroatoms. The Balaban J connectivity index is 3.11. The molecular weight excluding hydrogens is 212 g/mol. The predicted octanol–water partition coefficient (Wildman–Crippen LogP) is 1.00. The summed E-state index contributed by atoms with van der Waals surface area (Å²) in [5, 5.41) is 0. The second-order valence-electron chi connectivity index (χ2n) is 3.36. The molecule has 0 amide bonds. The molecule has 1 aromatic rings. The van der Waals surface area contributed by atoms with Crippen LogP contribution in [-0.2, 0) is 10.0 Å². The quantitative estimate of drug-likeness (QED) is 0.807. The van der Waals surface area contributed by atoms with Crippen molar-refractivity contribution < 1.29 is 8.42 Å². The topological polar surface area (TPSA) is 72.2 Å². The highest BCUT2D eigenvalue weighted by Crippen LogP contribution is 2.15. The molecule has 1 unspecified atom stereocenters. The molecule has 0 aromatic heterocycles. The minimum Gasteiger partial charge on any atom is -0.324 e. The first-order valence-electron chi connectivity index (χ1n) is 4.82. The zero-order valence-electron chi connectivity index (χ0n) is 8.90. The summed E-state index contributed by atoms with van der Waals surface area (Å²) in [6.45, 7) is 3.94. The minimum atomic E-state index is -3.37. The Morgan fingerprint density at radius 3 is 2.67 bits per heavy atom. The van der Waals surface area contributed by atoms with Crippen LogP contribution in [0.25, 0.3) is 0 Å². The zero-order chi connectivity index (χ0) is 11.5. The van der Waals surface area contributed by atoms with Gasteiger partial charge in [0.05, 0.1) is 4.90 Å². The fourth-order valence-electron chi connectivity index (χ4n) is 1.24. The summed E-state index contributed by atoms with van der Waals surface area (Å²) < 4.78 is 25.7. The van der Waals surface area contributed by atoms with E-state index in [1.807, 2.05) is 13.0 Å². The van der Waals surface area contributed by atoms with Crippen LogP contribution in [0.1, 0.15) is 25.5 Å². The first kappa shape index (κ1) is 12.2. The van der Waals surface area contributed by atoms with Crippen LogP contribution in [0.3, 0.4) is 0 Å². The highest BCUT2D eigenvalue weighted by atomic mass is 32.2. The lowest BCUT2D eigenvalue weighted by Crippen LogP contribution is -2.23. The molecule has 0 spiro atoms. The maximum atomic E-state index is 11.7. The Morgan fingerprint density at radius 2 is 2.13 bits per heavy atom. The smallest absolute Gasteiger partial charge is 0.240 e. The molecule has 15 heavy (non-hydrogen) atoms. The van der Waals surface area contributed by atoms with Crippen molar-refractivity contribution >= 4 is 10.0 Å². The van der Waals surface area contributed by atoms with Gasteiger partial charge < -0.3 is 5.73 Å². The molecular formula is C10H16N2O2S. The van der Waals surface area contributed by atoms with E-state index in [0.717, 1.165) is 5.56 Å². The fourth-order valence-corrected chi connectivity index (χ4v) is 2.33. The molecule has 0 heterocycles. The van der Waals surface area contributed by atoms with E-state index in [-0.39, 0.29) is 10.9 Å². The monoisotopic (exact) mass is 228 g/mol. The van der Waals surface area contributed by atoms with Gasteiger partial charge in [-0.25, -0.2) is 13.1 Å². The van der Waals surface area contributed by atoms with Gasteiger partial charge in [-0.1, -0.05) is 19.1 Å². The lowest BCUT2D eigenvalue weighted by molar-refractivity contribution is 0.583. The Labute approximate surface area is 90.5 Å². The Bertz CT molecular complexity index is 427. The van der Waals surface area contributed by atoms with Gasteiger partial charge in [-0.3, -0.25) is 0 Å². The largest absolute Gasteiger partial charge is 0.324 e. The van der Waals surface area contributed by atoms with Crippen LogP contribution in [0, 0.1) is 0 Å². The molecule has 3 N–H and O–H groups in total. The molecule has 0 saturated heterocycles. The van der Waals surface area contributed by atoms with E-state index in [4.69, 9.17) is 5.73 Å². The maximum absolute atomic E-state index is 11.7. The van der Waals surface area contributed by atoms with E-state index in [1.54, 1.807) is 25.1 Å². The number of rotatable bonds is 4. The molecule has 0 radical (unpaired) electrons. The van der Waals surface area contributed by atoms with Gasteiger partial charge in [-0.2, -0.15) is 0 Å². The molecule has 1 atom stereocenters. The van der Waals surface area contributed by atoms with Gasteiger partial charge in [0.1, 0.15) is 0 Å². The van der Waals surface area contributed by atoms with E-state index in [1.165, 1.54) is 0 Å². The van der Waals surface area contributed by atoms with Gasteiger partial charge in [0, 0.05) is 12.6 Å². The molecule has 0 aliphatic carbocycles. The van der Waals surface area contributed by atoms with Crippen molar-refractivity contribution in [1.82, 2.24) is 4.72 Å². The van der Waals surface area contributed by atoms with Crippen LogP contribution in [0.4, 0.5) is 0 Å². The van der Waals surface area contributed by atoms with Crippen molar-refractivity contribution in [1.29, 1.82) is 0 Å². The minimum absolute atomic E-state index is 0.165. The number of sulfonamides is 1. The highest BCUT2D eigenvalue weighted by Gasteiger charge is 2.13. The number of nitrogens with one attached hydrogen (secondary N) is 1. The van der Waals surface area contributed by atoms with Crippen molar-refractivity contribution in [3.8, 4) is 0 Å². The SMILES string of the molecule is CCNS(=O)(=O)c1cccc(C(C)N)c1. The number of nitrogens with two attached hydrogens (primary N) is 1. The second-order valence-corrected chi connectivity index (χ2v) is 5.13. The highest BCUT2D eigenvalue weighted by molar-refractivity contribution is 7.89.